The zero-order chi connectivity index (χ0) is 22.5. The van der Waals surface area contributed by atoms with Crippen LogP contribution in [0.3, 0.4) is 0 Å². The third-order valence-electron chi connectivity index (χ3n) is 6.10. The number of likely N-dealkylation sites (tertiary alicyclic amines) is 1. The molecule has 4 nitrogen and oxygen atoms in total. The van der Waals surface area contributed by atoms with Crippen molar-refractivity contribution in [1.29, 1.82) is 0 Å². The number of rotatable bonds is 6. The Morgan fingerprint density at radius 1 is 1.16 bits per heavy atom. The molecule has 0 spiro atoms. The van der Waals surface area contributed by atoms with Gasteiger partial charge in [-0.1, -0.05) is 48.9 Å². The van der Waals surface area contributed by atoms with E-state index in [0.29, 0.717) is 18.5 Å². The zero-order valence-corrected chi connectivity index (χ0v) is 18.2. The van der Waals surface area contributed by atoms with Gasteiger partial charge < -0.3 is 5.11 Å². The number of aromatic nitrogens is 1. The first-order valence-corrected chi connectivity index (χ1v) is 11.0. The summed E-state index contributed by atoms with van der Waals surface area (Å²) in [6, 6.07) is 16.7. The van der Waals surface area contributed by atoms with Gasteiger partial charge in [-0.05, 0) is 72.8 Å². The van der Waals surface area contributed by atoms with Crippen molar-refractivity contribution in [3.8, 4) is 11.1 Å². The second kappa shape index (κ2) is 9.88. The lowest BCUT2D eigenvalue weighted by molar-refractivity contribution is -0.144. The zero-order valence-electron chi connectivity index (χ0n) is 18.2. The molecule has 2 aromatic carbocycles. The molecule has 2 heterocycles. The highest BCUT2D eigenvalue weighted by Gasteiger charge is 2.28. The first kappa shape index (κ1) is 21.9. The molecule has 0 amide bonds. The Morgan fingerprint density at radius 3 is 2.72 bits per heavy atom. The van der Waals surface area contributed by atoms with Gasteiger partial charge in [-0.15, -0.1) is 0 Å². The summed E-state index contributed by atoms with van der Waals surface area (Å²) in [7, 11) is 0. The van der Waals surface area contributed by atoms with Gasteiger partial charge in [0.1, 0.15) is 11.9 Å². The van der Waals surface area contributed by atoms with Crippen LogP contribution in [0.15, 0.2) is 60.8 Å². The monoisotopic (exact) mass is 430 g/mol. The maximum Gasteiger partial charge on any atom is 0.320 e. The van der Waals surface area contributed by atoms with E-state index in [0.717, 1.165) is 47.3 Å². The number of aliphatic carboxylic acids is 1. The van der Waals surface area contributed by atoms with Crippen molar-refractivity contribution in [3.63, 3.8) is 0 Å². The quantitative estimate of drug-likeness (QED) is 0.537. The summed E-state index contributed by atoms with van der Waals surface area (Å²) < 4.78 is 14.8. The molecule has 4 rings (SSSR count). The lowest BCUT2D eigenvalue weighted by atomic mass is 9.99. The van der Waals surface area contributed by atoms with E-state index in [1.165, 1.54) is 6.07 Å². The third-order valence-corrected chi connectivity index (χ3v) is 6.10. The second-order valence-corrected chi connectivity index (χ2v) is 8.24. The Morgan fingerprint density at radius 2 is 1.97 bits per heavy atom. The average molecular weight is 431 g/mol. The van der Waals surface area contributed by atoms with E-state index in [4.69, 9.17) is 0 Å². The van der Waals surface area contributed by atoms with Crippen LogP contribution in [0.1, 0.15) is 41.6 Å². The number of hydrogen-bond donors (Lipinski definition) is 1. The minimum Gasteiger partial charge on any atom is -0.480 e. The summed E-state index contributed by atoms with van der Waals surface area (Å²) in [5, 5.41) is 9.45. The predicted octanol–water partition coefficient (Wildman–Crippen LogP) is 5.81. The number of carbonyl (C=O) groups is 1. The number of pyridine rings is 1. The molecule has 1 N–H and O–H groups in total. The molecule has 5 heteroatoms. The van der Waals surface area contributed by atoms with E-state index in [1.54, 1.807) is 18.3 Å². The maximum atomic E-state index is 14.8. The van der Waals surface area contributed by atoms with Crippen molar-refractivity contribution in [2.75, 3.05) is 6.54 Å². The smallest absolute Gasteiger partial charge is 0.320 e. The van der Waals surface area contributed by atoms with Crippen molar-refractivity contribution in [3.05, 3.63) is 89.0 Å². The molecule has 1 fully saturated rings. The van der Waals surface area contributed by atoms with Crippen LogP contribution >= 0.6 is 0 Å². The van der Waals surface area contributed by atoms with Gasteiger partial charge in [0.25, 0.3) is 0 Å². The molecule has 1 saturated heterocycles. The molecule has 0 aliphatic carbocycles. The minimum absolute atomic E-state index is 0.320. The normalized spacial score (nSPS) is 17.0. The first-order valence-electron chi connectivity index (χ1n) is 11.0. The predicted molar refractivity (Wildman–Crippen MR) is 125 cm³/mol. The SMILES string of the molecule is Cc1c(-c2ccccc2)ccnc1/C=C/c1ccc(CN2CCCC[C@H]2C(=O)O)cc1F. The van der Waals surface area contributed by atoms with Gasteiger partial charge in [0.15, 0.2) is 0 Å². The number of piperidine rings is 1. The molecular formula is C27H27FN2O2. The highest BCUT2D eigenvalue weighted by molar-refractivity contribution is 5.76. The molecule has 0 saturated carbocycles. The molecule has 1 aliphatic heterocycles. The molecule has 0 radical (unpaired) electrons. The molecule has 3 aromatic rings. The number of hydrogen-bond acceptors (Lipinski definition) is 3. The summed E-state index contributed by atoms with van der Waals surface area (Å²) >= 11 is 0. The van der Waals surface area contributed by atoms with E-state index in [1.807, 2.05) is 48.2 Å². The van der Waals surface area contributed by atoms with Gasteiger partial charge in [-0.3, -0.25) is 14.7 Å². The Hall–Kier alpha value is -3.31. The van der Waals surface area contributed by atoms with E-state index < -0.39 is 12.0 Å². The van der Waals surface area contributed by atoms with E-state index in [2.05, 4.69) is 17.1 Å². The van der Waals surface area contributed by atoms with Gasteiger partial charge in [0, 0.05) is 18.3 Å². The Labute approximate surface area is 188 Å². The Bertz CT molecular complexity index is 1130. The molecule has 1 atom stereocenters. The summed E-state index contributed by atoms with van der Waals surface area (Å²) in [6.45, 7) is 3.19. The average Bonchev–Trinajstić information content (AvgIpc) is 2.80. The lowest BCUT2D eigenvalue weighted by Crippen LogP contribution is -2.44. The van der Waals surface area contributed by atoms with Crippen LogP contribution in [-0.4, -0.2) is 33.5 Å². The van der Waals surface area contributed by atoms with Crippen molar-refractivity contribution < 1.29 is 14.3 Å². The van der Waals surface area contributed by atoms with Crippen LogP contribution in [-0.2, 0) is 11.3 Å². The van der Waals surface area contributed by atoms with Crippen LogP contribution in [0.25, 0.3) is 23.3 Å². The van der Waals surface area contributed by atoms with Gasteiger partial charge in [-0.25, -0.2) is 4.39 Å². The van der Waals surface area contributed by atoms with Gasteiger partial charge in [-0.2, -0.15) is 0 Å². The minimum atomic E-state index is -0.801. The third kappa shape index (κ3) is 4.94. The summed E-state index contributed by atoms with van der Waals surface area (Å²) in [4.78, 5) is 17.9. The maximum absolute atomic E-state index is 14.8. The van der Waals surface area contributed by atoms with Crippen LogP contribution in [0.2, 0.25) is 0 Å². The summed E-state index contributed by atoms with van der Waals surface area (Å²) in [5.41, 5.74) is 5.33. The first-order chi connectivity index (χ1) is 15.5. The van der Waals surface area contributed by atoms with Crippen molar-refractivity contribution in [1.82, 2.24) is 9.88 Å². The molecule has 1 aromatic heterocycles. The van der Waals surface area contributed by atoms with Crippen LogP contribution in [0, 0.1) is 12.7 Å². The van der Waals surface area contributed by atoms with Gasteiger partial charge in [0.2, 0.25) is 0 Å². The second-order valence-electron chi connectivity index (χ2n) is 8.24. The van der Waals surface area contributed by atoms with E-state index in [9.17, 15) is 14.3 Å². The van der Waals surface area contributed by atoms with E-state index >= 15 is 0 Å². The molecular weight excluding hydrogens is 403 g/mol. The number of carboxylic acid groups (broad SMARTS) is 1. The molecule has 0 bridgehead atoms. The summed E-state index contributed by atoms with van der Waals surface area (Å²) in [5.74, 6) is -1.12. The highest BCUT2D eigenvalue weighted by atomic mass is 19.1. The molecule has 1 aliphatic rings. The van der Waals surface area contributed by atoms with E-state index in [-0.39, 0.29) is 5.82 Å². The van der Waals surface area contributed by atoms with Gasteiger partial charge >= 0.3 is 5.97 Å². The summed E-state index contributed by atoms with van der Waals surface area (Å²) in [6.07, 6.45) is 7.89. The Kier molecular flexibility index (Phi) is 6.76. The fraction of sp³-hybridized carbons (Fsp3) is 0.259. The number of nitrogens with zero attached hydrogens (tertiary/aromatic N) is 2. The number of halogens is 1. The largest absolute Gasteiger partial charge is 0.480 e. The van der Waals surface area contributed by atoms with Gasteiger partial charge in [0.05, 0.1) is 5.69 Å². The molecule has 32 heavy (non-hydrogen) atoms. The van der Waals surface area contributed by atoms with Crippen molar-refractivity contribution in [2.45, 2.75) is 38.8 Å². The molecule has 0 unspecified atom stereocenters. The fourth-order valence-corrected chi connectivity index (χ4v) is 4.32. The lowest BCUT2D eigenvalue weighted by Gasteiger charge is -2.32. The highest BCUT2D eigenvalue weighted by Crippen LogP contribution is 2.26. The standard InChI is InChI=1S/C27H27FN2O2/c1-19-23(21-7-3-2-4-8-21)14-15-29-25(19)13-12-22-11-10-20(17-24(22)28)18-30-16-6-5-9-26(30)27(31)32/h2-4,7-8,10-15,17,26H,5-6,9,16,18H2,1H3,(H,31,32)/b13-12+/t26-/m0/s1. The topological polar surface area (TPSA) is 53.4 Å². The Balaban J connectivity index is 1.51. The van der Waals surface area contributed by atoms with Crippen LogP contribution in [0.5, 0.6) is 0 Å². The number of carboxylic acids is 1. The van der Waals surface area contributed by atoms with Crippen LogP contribution in [0.4, 0.5) is 4.39 Å². The van der Waals surface area contributed by atoms with Crippen LogP contribution < -0.4 is 0 Å². The molecule has 164 valence electrons. The van der Waals surface area contributed by atoms with Crippen molar-refractivity contribution in [2.24, 2.45) is 0 Å². The van der Waals surface area contributed by atoms with Crippen molar-refractivity contribution >= 4 is 18.1 Å². The fourth-order valence-electron chi connectivity index (χ4n) is 4.32. The number of benzene rings is 2.